The van der Waals surface area contributed by atoms with Gasteiger partial charge in [-0.05, 0) is 38.5 Å². The van der Waals surface area contributed by atoms with Crippen LogP contribution < -0.4 is 10.1 Å². The van der Waals surface area contributed by atoms with Crippen molar-refractivity contribution >= 4 is 11.8 Å². The molecule has 0 aliphatic carbocycles. The molecule has 0 radical (unpaired) electrons. The van der Waals surface area contributed by atoms with E-state index < -0.39 is 11.9 Å². The Bertz CT molecular complexity index is 782. The summed E-state index contributed by atoms with van der Waals surface area (Å²) in [6.45, 7) is 5.24. The molecule has 6 heteroatoms. The van der Waals surface area contributed by atoms with E-state index in [1.54, 1.807) is 49.4 Å². The first-order valence-corrected chi connectivity index (χ1v) is 9.43. The maximum absolute atomic E-state index is 14.1. The van der Waals surface area contributed by atoms with Crippen LogP contribution in [0.1, 0.15) is 32.8 Å². The lowest BCUT2D eigenvalue weighted by Gasteiger charge is -2.29. The van der Waals surface area contributed by atoms with Crippen molar-refractivity contribution in [2.75, 3.05) is 6.61 Å². The van der Waals surface area contributed by atoms with Gasteiger partial charge in [0.1, 0.15) is 17.6 Å². The van der Waals surface area contributed by atoms with Crippen molar-refractivity contribution in [3.8, 4) is 5.75 Å². The average Bonchev–Trinajstić information content (AvgIpc) is 2.71. The Labute approximate surface area is 165 Å². The summed E-state index contributed by atoms with van der Waals surface area (Å²) < 4.78 is 19.7. The summed E-state index contributed by atoms with van der Waals surface area (Å²) in [5.41, 5.74) is 0.346. The summed E-state index contributed by atoms with van der Waals surface area (Å²) in [5.74, 6) is -0.533. The molecule has 2 atom stereocenters. The van der Waals surface area contributed by atoms with Crippen molar-refractivity contribution in [1.82, 2.24) is 10.2 Å². The number of ether oxygens (including phenoxy) is 1. The van der Waals surface area contributed by atoms with E-state index in [1.807, 2.05) is 19.9 Å². The van der Waals surface area contributed by atoms with Crippen LogP contribution in [0.2, 0.25) is 0 Å². The maximum Gasteiger partial charge on any atom is 0.261 e. The summed E-state index contributed by atoms with van der Waals surface area (Å²) in [4.78, 5) is 26.7. The molecule has 28 heavy (non-hydrogen) atoms. The standard InChI is InChI=1S/C22H27FN2O3/c1-4-16(2)24-22(27)17(3)25(14-18-10-8-9-13-20(18)23)21(26)15-28-19-11-6-5-7-12-19/h5-13,16-17H,4,14-15H2,1-3H3,(H,24,27)/t16-,17+/m0/s1. The first kappa shape index (κ1) is 21.4. The van der Waals surface area contributed by atoms with Crippen LogP contribution >= 0.6 is 0 Å². The number of nitrogens with one attached hydrogen (secondary N) is 1. The highest BCUT2D eigenvalue weighted by Crippen LogP contribution is 2.15. The topological polar surface area (TPSA) is 58.6 Å². The molecule has 0 aromatic heterocycles. The average molecular weight is 386 g/mol. The minimum absolute atomic E-state index is 0.0130. The zero-order valence-corrected chi connectivity index (χ0v) is 16.5. The molecule has 1 N–H and O–H groups in total. The van der Waals surface area contributed by atoms with Gasteiger partial charge in [-0.25, -0.2) is 4.39 Å². The number of para-hydroxylation sites is 1. The minimum atomic E-state index is -0.763. The van der Waals surface area contributed by atoms with E-state index in [9.17, 15) is 14.0 Å². The highest BCUT2D eigenvalue weighted by atomic mass is 19.1. The van der Waals surface area contributed by atoms with Gasteiger partial charge in [0.2, 0.25) is 5.91 Å². The minimum Gasteiger partial charge on any atom is -0.484 e. The maximum atomic E-state index is 14.1. The molecular weight excluding hydrogens is 359 g/mol. The predicted molar refractivity (Wildman–Crippen MR) is 106 cm³/mol. The Balaban J connectivity index is 2.15. The second-order valence-corrected chi connectivity index (χ2v) is 6.71. The van der Waals surface area contributed by atoms with E-state index >= 15 is 0 Å². The van der Waals surface area contributed by atoms with Gasteiger partial charge < -0.3 is 15.0 Å². The number of hydrogen-bond acceptors (Lipinski definition) is 3. The number of benzene rings is 2. The molecule has 0 heterocycles. The van der Waals surface area contributed by atoms with Crippen molar-refractivity contribution in [3.63, 3.8) is 0 Å². The summed E-state index contributed by atoms with van der Waals surface area (Å²) in [6.07, 6.45) is 0.775. The second kappa shape index (κ2) is 10.4. The summed E-state index contributed by atoms with van der Waals surface area (Å²) in [6, 6.07) is 14.4. The molecule has 0 fully saturated rings. The third kappa shape index (κ3) is 6.08. The third-order valence-electron chi connectivity index (χ3n) is 4.57. The van der Waals surface area contributed by atoms with Crippen molar-refractivity contribution < 1.29 is 18.7 Å². The lowest BCUT2D eigenvalue weighted by Crippen LogP contribution is -2.50. The molecule has 0 saturated carbocycles. The number of hydrogen-bond donors (Lipinski definition) is 1. The molecule has 0 unspecified atom stereocenters. The number of nitrogens with zero attached hydrogens (tertiary/aromatic N) is 1. The highest BCUT2D eigenvalue weighted by Gasteiger charge is 2.27. The number of halogens is 1. The molecule has 0 spiro atoms. The van der Waals surface area contributed by atoms with E-state index in [2.05, 4.69) is 5.32 Å². The zero-order valence-electron chi connectivity index (χ0n) is 16.5. The Hall–Kier alpha value is -2.89. The number of amides is 2. The van der Waals surface area contributed by atoms with Gasteiger partial charge in [0, 0.05) is 18.2 Å². The van der Waals surface area contributed by atoms with E-state index in [1.165, 1.54) is 11.0 Å². The first-order chi connectivity index (χ1) is 13.4. The fraction of sp³-hybridized carbons (Fsp3) is 0.364. The Kier molecular flexibility index (Phi) is 7.99. The van der Waals surface area contributed by atoms with Crippen LogP contribution in [0.3, 0.4) is 0 Å². The van der Waals surface area contributed by atoms with Gasteiger partial charge in [0.15, 0.2) is 6.61 Å². The summed E-state index contributed by atoms with van der Waals surface area (Å²) >= 11 is 0. The lowest BCUT2D eigenvalue weighted by molar-refractivity contribution is -0.142. The van der Waals surface area contributed by atoms with Gasteiger partial charge in [-0.1, -0.05) is 43.3 Å². The highest BCUT2D eigenvalue weighted by molar-refractivity contribution is 5.88. The molecule has 0 bridgehead atoms. The van der Waals surface area contributed by atoms with Crippen LogP contribution in [0.25, 0.3) is 0 Å². The monoisotopic (exact) mass is 386 g/mol. The van der Waals surface area contributed by atoms with E-state index in [-0.39, 0.29) is 31.0 Å². The van der Waals surface area contributed by atoms with Gasteiger partial charge in [-0.2, -0.15) is 0 Å². The molecule has 2 aromatic rings. The predicted octanol–water partition coefficient (Wildman–Crippen LogP) is 3.54. The summed E-state index contributed by atoms with van der Waals surface area (Å²) in [5, 5.41) is 2.87. The Morgan fingerprint density at radius 2 is 1.71 bits per heavy atom. The van der Waals surface area contributed by atoms with Crippen LogP contribution in [0.15, 0.2) is 54.6 Å². The van der Waals surface area contributed by atoms with Crippen LogP contribution in [0.4, 0.5) is 4.39 Å². The van der Waals surface area contributed by atoms with Gasteiger partial charge in [0.25, 0.3) is 5.91 Å². The van der Waals surface area contributed by atoms with E-state index in [0.717, 1.165) is 6.42 Å². The van der Waals surface area contributed by atoms with E-state index in [4.69, 9.17) is 4.74 Å². The summed E-state index contributed by atoms with van der Waals surface area (Å²) in [7, 11) is 0. The van der Waals surface area contributed by atoms with Crippen LogP contribution in [0, 0.1) is 5.82 Å². The molecule has 0 aliphatic rings. The zero-order chi connectivity index (χ0) is 20.5. The molecule has 0 aliphatic heterocycles. The fourth-order valence-electron chi connectivity index (χ4n) is 2.60. The quantitative estimate of drug-likeness (QED) is 0.717. The fourth-order valence-corrected chi connectivity index (χ4v) is 2.60. The molecule has 150 valence electrons. The van der Waals surface area contributed by atoms with Crippen LogP contribution in [-0.2, 0) is 16.1 Å². The Morgan fingerprint density at radius 1 is 1.07 bits per heavy atom. The molecule has 2 rings (SSSR count). The largest absolute Gasteiger partial charge is 0.484 e. The SMILES string of the molecule is CC[C@H](C)NC(=O)[C@@H](C)N(Cc1ccccc1F)C(=O)COc1ccccc1. The van der Waals surface area contributed by atoms with Crippen LogP contribution in [-0.4, -0.2) is 35.4 Å². The van der Waals surface area contributed by atoms with Crippen molar-refractivity contribution in [2.45, 2.75) is 45.8 Å². The van der Waals surface area contributed by atoms with Crippen molar-refractivity contribution in [2.24, 2.45) is 0 Å². The molecule has 2 aromatic carbocycles. The third-order valence-corrected chi connectivity index (χ3v) is 4.57. The van der Waals surface area contributed by atoms with Gasteiger partial charge in [-0.15, -0.1) is 0 Å². The Morgan fingerprint density at radius 3 is 2.36 bits per heavy atom. The second-order valence-electron chi connectivity index (χ2n) is 6.71. The van der Waals surface area contributed by atoms with E-state index in [0.29, 0.717) is 11.3 Å². The molecule has 5 nitrogen and oxygen atoms in total. The lowest BCUT2D eigenvalue weighted by atomic mass is 10.1. The molecule has 0 saturated heterocycles. The van der Waals surface area contributed by atoms with Crippen molar-refractivity contribution in [3.05, 3.63) is 66.0 Å². The van der Waals surface area contributed by atoms with Gasteiger partial charge >= 0.3 is 0 Å². The molecular formula is C22H27FN2O3. The first-order valence-electron chi connectivity index (χ1n) is 9.43. The number of carbonyl (C=O) groups excluding carboxylic acids is 2. The van der Waals surface area contributed by atoms with Crippen LogP contribution in [0.5, 0.6) is 5.75 Å². The van der Waals surface area contributed by atoms with Gasteiger partial charge in [-0.3, -0.25) is 9.59 Å². The normalized spacial score (nSPS) is 12.7. The van der Waals surface area contributed by atoms with Crippen molar-refractivity contribution in [1.29, 1.82) is 0 Å². The number of carbonyl (C=O) groups is 2. The van der Waals surface area contributed by atoms with Gasteiger partial charge in [0.05, 0.1) is 0 Å². The smallest absolute Gasteiger partial charge is 0.261 e. The number of rotatable bonds is 9. The molecule has 2 amide bonds.